The quantitative estimate of drug-likeness (QED) is 0.154. The van der Waals surface area contributed by atoms with E-state index in [0.717, 1.165) is 12.1 Å². The van der Waals surface area contributed by atoms with E-state index in [9.17, 15) is 31.2 Å². The zero-order chi connectivity index (χ0) is 35.1. The van der Waals surface area contributed by atoms with Gasteiger partial charge < -0.3 is 10.2 Å². The van der Waals surface area contributed by atoms with E-state index in [1.165, 1.54) is 35.2 Å². The Morgan fingerprint density at radius 3 is 2.00 bits per heavy atom. The average molecular weight is 721 g/mol. The van der Waals surface area contributed by atoms with Crippen molar-refractivity contribution in [2.75, 3.05) is 17.4 Å². The second-order valence-electron chi connectivity index (χ2n) is 11.4. The molecule has 4 aromatic carbocycles. The molecular formula is C35H34Cl2F3N3O4S. The maximum Gasteiger partial charge on any atom is 0.416 e. The Labute approximate surface area is 288 Å². The summed E-state index contributed by atoms with van der Waals surface area (Å²) in [7, 11) is -4.59. The van der Waals surface area contributed by atoms with Crippen LogP contribution in [0.2, 0.25) is 10.0 Å². The van der Waals surface area contributed by atoms with Crippen molar-refractivity contribution < 1.29 is 31.2 Å². The van der Waals surface area contributed by atoms with Gasteiger partial charge in [-0.1, -0.05) is 97.7 Å². The number of anilines is 1. The molecule has 0 bridgehead atoms. The SMILES string of the molecule is CC(C)CNC(=O)C(Cc1ccccc1)N(Cc1c(Cl)cccc1Cl)C(=O)CN(c1cccc(C(F)(F)F)c1)S(=O)(=O)c1ccccc1. The molecule has 4 rings (SSSR count). The number of hydrogen-bond acceptors (Lipinski definition) is 4. The number of alkyl halides is 3. The Bertz CT molecular complexity index is 1810. The van der Waals surface area contributed by atoms with Gasteiger partial charge in [0.2, 0.25) is 11.8 Å². The summed E-state index contributed by atoms with van der Waals surface area (Å²) in [4.78, 5) is 29.3. The molecule has 1 unspecified atom stereocenters. The molecular weight excluding hydrogens is 686 g/mol. The van der Waals surface area contributed by atoms with Crippen molar-refractivity contribution in [1.29, 1.82) is 0 Å². The minimum absolute atomic E-state index is 0.0353. The molecule has 0 aliphatic rings. The number of carbonyl (C=O) groups is 2. The Balaban J connectivity index is 1.86. The van der Waals surface area contributed by atoms with Crippen LogP contribution in [0.1, 0.15) is 30.5 Å². The van der Waals surface area contributed by atoms with Gasteiger partial charge in [0.15, 0.2) is 0 Å². The van der Waals surface area contributed by atoms with Gasteiger partial charge in [-0.3, -0.25) is 13.9 Å². The van der Waals surface area contributed by atoms with Gasteiger partial charge in [0.1, 0.15) is 12.6 Å². The molecule has 0 spiro atoms. The van der Waals surface area contributed by atoms with Gasteiger partial charge >= 0.3 is 6.18 Å². The topological polar surface area (TPSA) is 86.8 Å². The summed E-state index contributed by atoms with van der Waals surface area (Å²) in [6.45, 7) is 2.85. The Kier molecular flexibility index (Phi) is 12.2. The molecule has 48 heavy (non-hydrogen) atoms. The predicted octanol–water partition coefficient (Wildman–Crippen LogP) is 7.62. The first-order valence-corrected chi connectivity index (χ1v) is 17.2. The fraction of sp³-hybridized carbons (Fsp3) is 0.257. The van der Waals surface area contributed by atoms with Crippen molar-refractivity contribution in [1.82, 2.24) is 10.2 Å². The summed E-state index contributed by atoms with van der Waals surface area (Å²) in [5, 5.41) is 3.27. The minimum atomic E-state index is -4.79. The second-order valence-corrected chi connectivity index (χ2v) is 14.1. The third-order valence-corrected chi connectivity index (χ3v) is 9.91. The smallest absolute Gasteiger partial charge is 0.354 e. The maximum atomic E-state index is 14.5. The largest absolute Gasteiger partial charge is 0.416 e. The molecule has 7 nitrogen and oxygen atoms in total. The molecule has 4 aromatic rings. The lowest BCUT2D eigenvalue weighted by molar-refractivity contribution is -0.140. The number of nitrogens with zero attached hydrogens (tertiary/aromatic N) is 2. The highest BCUT2D eigenvalue weighted by Gasteiger charge is 2.37. The first kappa shape index (κ1) is 36.8. The monoisotopic (exact) mass is 719 g/mol. The molecule has 1 N–H and O–H groups in total. The Hall–Kier alpha value is -4.06. The number of amides is 2. The third-order valence-electron chi connectivity index (χ3n) is 7.42. The lowest BCUT2D eigenvalue weighted by atomic mass is 10.0. The van der Waals surface area contributed by atoms with Crippen LogP contribution in [0.5, 0.6) is 0 Å². The first-order valence-electron chi connectivity index (χ1n) is 15.0. The van der Waals surface area contributed by atoms with E-state index in [0.29, 0.717) is 21.5 Å². The number of halogens is 5. The highest BCUT2D eigenvalue weighted by Crippen LogP contribution is 2.34. The Morgan fingerprint density at radius 2 is 1.42 bits per heavy atom. The van der Waals surface area contributed by atoms with E-state index in [4.69, 9.17) is 23.2 Å². The predicted molar refractivity (Wildman–Crippen MR) is 181 cm³/mol. The summed E-state index contributed by atoms with van der Waals surface area (Å²) in [5.41, 5.74) is -0.477. The van der Waals surface area contributed by atoms with Gasteiger partial charge in [-0.15, -0.1) is 0 Å². The van der Waals surface area contributed by atoms with Gasteiger partial charge in [0, 0.05) is 35.1 Å². The normalized spacial score (nSPS) is 12.4. The standard InChI is InChI=1S/C35H34Cl2F3N3O4S/c1-24(2)21-41-34(45)32(19-25-11-5-3-6-12-25)42(22-29-30(36)17-10-18-31(29)37)33(44)23-43(48(46,47)28-15-7-4-8-16-28)27-14-9-13-26(20-27)35(38,39)40/h3-18,20,24,32H,19,21-23H2,1-2H3,(H,41,45). The maximum absolute atomic E-state index is 14.5. The third kappa shape index (κ3) is 9.30. The molecule has 0 aliphatic heterocycles. The highest BCUT2D eigenvalue weighted by atomic mass is 35.5. The van der Waals surface area contributed by atoms with E-state index < -0.39 is 46.2 Å². The first-order chi connectivity index (χ1) is 22.7. The fourth-order valence-electron chi connectivity index (χ4n) is 4.92. The highest BCUT2D eigenvalue weighted by molar-refractivity contribution is 7.92. The van der Waals surface area contributed by atoms with Crippen LogP contribution in [0.15, 0.2) is 108 Å². The number of nitrogens with one attached hydrogen (secondary N) is 1. The summed E-state index contributed by atoms with van der Waals surface area (Å²) < 4.78 is 70.0. The molecule has 0 aliphatic carbocycles. The number of rotatable bonds is 13. The van der Waals surface area contributed by atoms with E-state index in [2.05, 4.69) is 5.32 Å². The van der Waals surface area contributed by atoms with Crippen molar-refractivity contribution in [2.45, 2.75) is 43.9 Å². The molecule has 0 radical (unpaired) electrons. The summed E-state index contributed by atoms with van der Waals surface area (Å²) in [6, 6.07) is 23.2. The number of sulfonamides is 1. The van der Waals surface area contributed by atoms with E-state index in [1.807, 2.05) is 13.8 Å². The zero-order valence-electron chi connectivity index (χ0n) is 26.1. The number of carbonyl (C=O) groups excluding carboxylic acids is 2. The van der Waals surface area contributed by atoms with Gasteiger partial charge in [0.05, 0.1) is 16.1 Å². The zero-order valence-corrected chi connectivity index (χ0v) is 28.5. The van der Waals surface area contributed by atoms with Gasteiger partial charge in [-0.05, 0) is 53.9 Å². The van der Waals surface area contributed by atoms with Crippen molar-refractivity contribution >= 4 is 50.7 Å². The Morgan fingerprint density at radius 1 is 0.833 bits per heavy atom. The fourth-order valence-corrected chi connectivity index (χ4v) is 6.86. The second kappa shape index (κ2) is 15.9. The lowest BCUT2D eigenvalue weighted by Gasteiger charge is -2.34. The molecule has 0 heterocycles. The van der Waals surface area contributed by atoms with Gasteiger partial charge in [0.25, 0.3) is 10.0 Å². The molecule has 2 amide bonds. The van der Waals surface area contributed by atoms with Gasteiger partial charge in [-0.2, -0.15) is 13.2 Å². The number of hydrogen-bond donors (Lipinski definition) is 1. The van der Waals surface area contributed by atoms with E-state index >= 15 is 0 Å². The van der Waals surface area contributed by atoms with Crippen LogP contribution in [0, 0.1) is 5.92 Å². The molecule has 1 atom stereocenters. The minimum Gasteiger partial charge on any atom is -0.354 e. The molecule has 0 fully saturated rings. The molecule has 254 valence electrons. The summed E-state index contributed by atoms with van der Waals surface area (Å²) in [5.74, 6) is -1.31. The van der Waals surface area contributed by atoms with Crippen LogP contribution in [-0.2, 0) is 38.8 Å². The van der Waals surface area contributed by atoms with Crippen LogP contribution in [0.3, 0.4) is 0 Å². The van der Waals surface area contributed by atoms with Crippen molar-refractivity contribution in [3.63, 3.8) is 0 Å². The average Bonchev–Trinajstić information content (AvgIpc) is 3.05. The lowest BCUT2D eigenvalue weighted by Crippen LogP contribution is -2.53. The van der Waals surface area contributed by atoms with Crippen molar-refractivity contribution in [3.8, 4) is 0 Å². The van der Waals surface area contributed by atoms with E-state index in [1.54, 1.807) is 54.6 Å². The molecule has 0 aromatic heterocycles. The molecule has 0 saturated heterocycles. The number of benzene rings is 4. The van der Waals surface area contributed by atoms with Crippen molar-refractivity contribution in [2.24, 2.45) is 5.92 Å². The van der Waals surface area contributed by atoms with Gasteiger partial charge in [-0.25, -0.2) is 8.42 Å². The van der Waals surface area contributed by atoms with Crippen LogP contribution >= 0.6 is 23.2 Å². The summed E-state index contributed by atoms with van der Waals surface area (Å²) >= 11 is 13.0. The van der Waals surface area contributed by atoms with E-state index in [-0.39, 0.29) is 46.1 Å². The summed E-state index contributed by atoms with van der Waals surface area (Å²) in [6.07, 6.45) is -4.75. The molecule has 13 heteroatoms. The van der Waals surface area contributed by atoms with Crippen LogP contribution in [-0.4, -0.2) is 44.3 Å². The van der Waals surface area contributed by atoms with Crippen molar-refractivity contribution in [3.05, 3.63) is 130 Å². The van der Waals surface area contributed by atoms with Crippen LogP contribution < -0.4 is 9.62 Å². The van der Waals surface area contributed by atoms with Crippen LogP contribution in [0.25, 0.3) is 0 Å². The molecule has 0 saturated carbocycles. The van der Waals surface area contributed by atoms with Crippen LogP contribution in [0.4, 0.5) is 18.9 Å².